The molecule has 0 bridgehead atoms. The molecule has 3 aromatic rings. The van der Waals surface area contributed by atoms with Gasteiger partial charge < -0.3 is 14.6 Å². The highest BCUT2D eigenvalue weighted by molar-refractivity contribution is 7.17. The molecule has 0 aliphatic rings. The molecule has 7 heteroatoms. The average molecular weight is 343 g/mol. The van der Waals surface area contributed by atoms with Crippen molar-refractivity contribution in [2.24, 2.45) is 7.05 Å². The van der Waals surface area contributed by atoms with Crippen molar-refractivity contribution in [3.05, 3.63) is 57.0 Å². The van der Waals surface area contributed by atoms with E-state index in [4.69, 9.17) is 4.74 Å². The number of aromatic nitrogens is 2. The van der Waals surface area contributed by atoms with Crippen LogP contribution in [0.25, 0.3) is 10.1 Å². The minimum absolute atomic E-state index is 0.165. The number of aryl methyl sites for hydroxylation is 2. The van der Waals surface area contributed by atoms with Crippen molar-refractivity contribution < 1.29 is 9.53 Å². The van der Waals surface area contributed by atoms with Crippen LogP contribution in [0.2, 0.25) is 0 Å². The van der Waals surface area contributed by atoms with Crippen molar-refractivity contribution in [1.82, 2.24) is 14.9 Å². The maximum absolute atomic E-state index is 12.5. The number of hydrogen-bond acceptors (Lipinski definition) is 5. The second-order valence-corrected chi connectivity index (χ2v) is 6.32. The van der Waals surface area contributed by atoms with Crippen molar-refractivity contribution in [3.8, 4) is 5.88 Å². The van der Waals surface area contributed by atoms with Gasteiger partial charge in [-0.05, 0) is 18.6 Å². The number of carbonyl (C=O) groups excluding carboxylic acids is 1. The van der Waals surface area contributed by atoms with E-state index in [-0.39, 0.29) is 18.0 Å². The molecule has 3 rings (SSSR count). The van der Waals surface area contributed by atoms with Crippen LogP contribution in [-0.2, 0) is 13.6 Å². The summed E-state index contributed by atoms with van der Waals surface area (Å²) in [5.41, 5.74) is 1.90. The molecular formula is C17H17N3O3S. The lowest BCUT2D eigenvalue weighted by molar-refractivity contribution is 0.0952. The molecule has 0 aliphatic heterocycles. The first-order valence-electron chi connectivity index (χ1n) is 7.37. The largest absolute Gasteiger partial charge is 0.481 e. The maximum Gasteiger partial charge on any atom is 0.259 e. The molecule has 24 heavy (non-hydrogen) atoms. The van der Waals surface area contributed by atoms with E-state index in [9.17, 15) is 9.59 Å². The predicted molar refractivity (Wildman–Crippen MR) is 93.8 cm³/mol. The number of fused-ring (bicyclic) bond motifs is 1. The van der Waals surface area contributed by atoms with E-state index in [0.717, 1.165) is 10.3 Å². The number of pyridine rings is 2. The Bertz CT molecular complexity index is 975. The van der Waals surface area contributed by atoms with Gasteiger partial charge in [-0.25, -0.2) is 4.98 Å². The molecule has 0 fully saturated rings. The number of hydrogen-bond donors (Lipinski definition) is 1. The van der Waals surface area contributed by atoms with Crippen molar-refractivity contribution in [1.29, 1.82) is 0 Å². The number of nitrogens with zero attached hydrogens (tertiary/aromatic N) is 2. The monoisotopic (exact) mass is 343 g/mol. The first-order chi connectivity index (χ1) is 11.5. The average Bonchev–Trinajstić information content (AvgIpc) is 3.03. The molecule has 6 nitrogen and oxygen atoms in total. The molecule has 0 atom stereocenters. The van der Waals surface area contributed by atoms with Crippen LogP contribution in [0, 0.1) is 6.92 Å². The zero-order valence-corrected chi connectivity index (χ0v) is 14.4. The SMILES string of the molecule is COc1cccc(CNC(=O)c2csc3c(C)cn(C)c(=O)c23)n1. The molecule has 3 aromatic heterocycles. The Morgan fingerprint density at radius 3 is 2.96 bits per heavy atom. The Balaban J connectivity index is 1.88. The fraction of sp³-hybridized carbons (Fsp3) is 0.235. The molecule has 3 heterocycles. The van der Waals surface area contributed by atoms with E-state index in [1.807, 2.05) is 13.0 Å². The van der Waals surface area contributed by atoms with Crippen molar-refractivity contribution in [2.75, 3.05) is 7.11 Å². The third kappa shape index (κ3) is 2.90. The molecule has 0 spiro atoms. The van der Waals surface area contributed by atoms with Gasteiger partial charge in [-0.15, -0.1) is 11.3 Å². The van der Waals surface area contributed by atoms with Gasteiger partial charge >= 0.3 is 0 Å². The van der Waals surface area contributed by atoms with Crippen LogP contribution in [0.1, 0.15) is 21.6 Å². The normalized spacial score (nSPS) is 10.8. The van der Waals surface area contributed by atoms with Crippen LogP contribution in [0.5, 0.6) is 5.88 Å². The molecule has 124 valence electrons. The third-order valence-corrected chi connectivity index (χ3v) is 4.85. The van der Waals surface area contributed by atoms with Crippen molar-refractivity contribution >= 4 is 27.3 Å². The highest BCUT2D eigenvalue weighted by Crippen LogP contribution is 2.26. The lowest BCUT2D eigenvalue weighted by Crippen LogP contribution is -2.25. The Labute approximate surface area is 142 Å². The highest BCUT2D eigenvalue weighted by Gasteiger charge is 2.17. The lowest BCUT2D eigenvalue weighted by atomic mass is 10.1. The standard InChI is InChI=1S/C17H17N3O3S/c1-10-8-20(2)17(22)14-12(9-24-15(10)14)16(21)18-7-11-5-4-6-13(19-11)23-3/h4-6,8-9H,7H2,1-3H3,(H,18,21). The molecule has 0 aromatic carbocycles. The van der Waals surface area contributed by atoms with Gasteiger partial charge in [0.15, 0.2) is 0 Å². The first-order valence-corrected chi connectivity index (χ1v) is 8.24. The molecule has 0 radical (unpaired) electrons. The minimum Gasteiger partial charge on any atom is -0.481 e. The number of amides is 1. The molecule has 0 saturated carbocycles. The summed E-state index contributed by atoms with van der Waals surface area (Å²) in [6, 6.07) is 5.36. The summed E-state index contributed by atoms with van der Waals surface area (Å²) in [6.07, 6.45) is 1.78. The van der Waals surface area contributed by atoms with Gasteiger partial charge in [0.05, 0.1) is 30.3 Å². The van der Waals surface area contributed by atoms with Crippen LogP contribution >= 0.6 is 11.3 Å². The van der Waals surface area contributed by atoms with E-state index in [2.05, 4.69) is 10.3 Å². The van der Waals surface area contributed by atoms with Crippen molar-refractivity contribution in [2.45, 2.75) is 13.5 Å². The fourth-order valence-electron chi connectivity index (χ4n) is 2.55. The number of methoxy groups -OCH3 is 1. The van der Waals surface area contributed by atoms with E-state index in [0.29, 0.717) is 22.5 Å². The minimum atomic E-state index is -0.284. The highest BCUT2D eigenvalue weighted by atomic mass is 32.1. The summed E-state index contributed by atoms with van der Waals surface area (Å²) >= 11 is 1.41. The van der Waals surface area contributed by atoms with Gasteiger partial charge in [-0.1, -0.05) is 6.07 Å². The van der Waals surface area contributed by atoms with Gasteiger partial charge in [-0.2, -0.15) is 0 Å². The molecule has 0 aliphatic carbocycles. The summed E-state index contributed by atoms with van der Waals surface area (Å²) in [5.74, 6) is 0.209. The van der Waals surface area contributed by atoms with E-state index in [1.165, 1.54) is 15.9 Å². The summed E-state index contributed by atoms with van der Waals surface area (Å²) in [7, 11) is 3.23. The zero-order valence-electron chi connectivity index (χ0n) is 13.6. The van der Waals surface area contributed by atoms with Crippen LogP contribution in [-0.4, -0.2) is 22.6 Å². The van der Waals surface area contributed by atoms with Crippen LogP contribution in [0.3, 0.4) is 0 Å². The van der Waals surface area contributed by atoms with E-state index >= 15 is 0 Å². The molecule has 1 N–H and O–H groups in total. The second-order valence-electron chi connectivity index (χ2n) is 5.44. The number of ether oxygens (including phenoxy) is 1. The van der Waals surface area contributed by atoms with Gasteiger partial charge in [0.25, 0.3) is 11.5 Å². The Morgan fingerprint density at radius 1 is 1.42 bits per heavy atom. The lowest BCUT2D eigenvalue weighted by Gasteiger charge is -2.06. The predicted octanol–water partition coefficient (Wildman–Crippen LogP) is 2.24. The topological polar surface area (TPSA) is 73.2 Å². The summed E-state index contributed by atoms with van der Waals surface area (Å²) in [6.45, 7) is 2.19. The third-order valence-electron chi connectivity index (χ3n) is 3.74. The zero-order chi connectivity index (χ0) is 17.3. The quantitative estimate of drug-likeness (QED) is 0.788. The molecular weight excluding hydrogens is 326 g/mol. The van der Waals surface area contributed by atoms with Crippen LogP contribution in [0.4, 0.5) is 0 Å². The first kappa shape index (κ1) is 16.2. The Kier molecular flexibility index (Phi) is 4.35. The molecule has 1 amide bonds. The Hall–Kier alpha value is -2.67. The second kappa shape index (κ2) is 6.45. The summed E-state index contributed by atoms with van der Waals surface area (Å²) in [5, 5.41) is 5.01. The maximum atomic E-state index is 12.5. The molecule has 0 saturated heterocycles. The van der Waals surface area contributed by atoms with Gasteiger partial charge in [-0.3, -0.25) is 9.59 Å². The van der Waals surface area contributed by atoms with Crippen molar-refractivity contribution in [3.63, 3.8) is 0 Å². The fourth-order valence-corrected chi connectivity index (χ4v) is 3.56. The number of carbonyl (C=O) groups is 1. The van der Waals surface area contributed by atoms with Gasteiger partial charge in [0, 0.05) is 29.4 Å². The number of thiophene rings is 1. The summed E-state index contributed by atoms with van der Waals surface area (Å²) in [4.78, 5) is 29.1. The van der Waals surface area contributed by atoms with E-state index in [1.54, 1.807) is 37.9 Å². The van der Waals surface area contributed by atoms with Gasteiger partial charge in [0.1, 0.15) is 0 Å². The van der Waals surface area contributed by atoms with Crippen LogP contribution < -0.4 is 15.6 Å². The number of nitrogens with one attached hydrogen (secondary N) is 1. The van der Waals surface area contributed by atoms with Gasteiger partial charge in [0.2, 0.25) is 5.88 Å². The number of rotatable bonds is 4. The van der Waals surface area contributed by atoms with E-state index < -0.39 is 0 Å². The van der Waals surface area contributed by atoms with Crippen LogP contribution in [0.15, 0.2) is 34.6 Å². The smallest absolute Gasteiger partial charge is 0.259 e. The Morgan fingerprint density at radius 2 is 2.21 bits per heavy atom. The molecule has 0 unspecified atom stereocenters. The summed E-state index contributed by atoms with van der Waals surface area (Å²) < 4.78 is 7.42.